The number of hydrogen-bond acceptors (Lipinski definition) is 3. The highest BCUT2D eigenvalue weighted by molar-refractivity contribution is 5.80. The fourth-order valence-corrected chi connectivity index (χ4v) is 3.99. The van der Waals surface area contributed by atoms with Gasteiger partial charge in [-0.25, -0.2) is 9.07 Å². The van der Waals surface area contributed by atoms with Crippen LogP contribution in [0.2, 0.25) is 0 Å². The van der Waals surface area contributed by atoms with Crippen LogP contribution in [0.25, 0.3) is 5.69 Å². The molecule has 168 valence electrons. The number of aliphatic imine (C=N–C) groups is 1. The molecule has 0 spiro atoms. The van der Waals surface area contributed by atoms with Crippen LogP contribution in [0.4, 0.5) is 10.1 Å². The molecule has 7 heteroatoms. The zero-order valence-corrected chi connectivity index (χ0v) is 18.8. The molecule has 32 heavy (non-hydrogen) atoms. The molecular formula is C25H31FN6. The number of halogens is 1. The quantitative estimate of drug-likeness (QED) is 0.435. The van der Waals surface area contributed by atoms with Crippen LogP contribution < -0.4 is 15.5 Å². The molecule has 1 aromatic heterocycles. The van der Waals surface area contributed by atoms with Crippen LogP contribution in [-0.4, -0.2) is 42.4 Å². The van der Waals surface area contributed by atoms with E-state index < -0.39 is 0 Å². The number of rotatable bonds is 7. The van der Waals surface area contributed by atoms with Crippen LogP contribution >= 0.6 is 0 Å². The summed E-state index contributed by atoms with van der Waals surface area (Å²) >= 11 is 0. The average molecular weight is 435 g/mol. The Morgan fingerprint density at radius 3 is 2.62 bits per heavy atom. The number of benzene rings is 2. The van der Waals surface area contributed by atoms with Gasteiger partial charge in [0.2, 0.25) is 0 Å². The normalized spacial score (nSPS) is 15.1. The summed E-state index contributed by atoms with van der Waals surface area (Å²) in [5.74, 6) is 0.517. The lowest BCUT2D eigenvalue weighted by Gasteiger charge is -2.22. The van der Waals surface area contributed by atoms with Gasteiger partial charge in [0, 0.05) is 45.0 Å². The van der Waals surface area contributed by atoms with Crippen LogP contribution in [0.1, 0.15) is 37.1 Å². The van der Waals surface area contributed by atoms with Crippen LogP contribution in [0.3, 0.4) is 0 Å². The van der Waals surface area contributed by atoms with E-state index in [4.69, 9.17) is 0 Å². The first-order valence-corrected chi connectivity index (χ1v) is 11.2. The van der Waals surface area contributed by atoms with Gasteiger partial charge in [0.1, 0.15) is 5.82 Å². The zero-order valence-electron chi connectivity index (χ0n) is 18.8. The first-order chi connectivity index (χ1) is 15.6. The van der Waals surface area contributed by atoms with E-state index in [2.05, 4.69) is 56.8 Å². The Morgan fingerprint density at radius 2 is 1.88 bits per heavy atom. The smallest absolute Gasteiger partial charge is 0.191 e. The predicted molar refractivity (Wildman–Crippen MR) is 128 cm³/mol. The highest BCUT2D eigenvalue weighted by Crippen LogP contribution is 2.23. The van der Waals surface area contributed by atoms with E-state index in [0.717, 1.165) is 36.9 Å². The van der Waals surface area contributed by atoms with Crippen molar-refractivity contribution in [2.45, 2.75) is 32.2 Å². The van der Waals surface area contributed by atoms with Gasteiger partial charge in [0.05, 0.1) is 17.4 Å². The Kier molecular flexibility index (Phi) is 7.04. The highest BCUT2D eigenvalue weighted by atomic mass is 19.1. The van der Waals surface area contributed by atoms with E-state index in [9.17, 15) is 4.39 Å². The summed E-state index contributed by atoms with van der Waals surface area (Å²) in [6.07, 6.45) is 5.20. The number of aromatic nitrogens is 2. The van der Waals surface area contributed by atoms with Crippen molar-refractivity contribution in [2.24, 2.45) is 4.99 Å². The number of nitrogens with zero attached hydrogens (tertiary/aromatic N) is 4. The van der Waals surface area contributed by atoms with Crippen LogP contribution in [0, 0.1) is 5.82 Å². The Balaban J connectivity index is 1.29. The lowest BCUT2D eigenvalue weighted by molar-refractivity contribution is 0.627. The number of anilines is 1. The standard InChI is InChI=1S/C25H31FN6/c1-19(20-6-5-7-24(18-20)31-15-3-4-16-31)29-25(27-2)28-14-12-22-13-17-32(30-22)23-10-8-21(26)9-11-23/h5-11,13,17-19H,3-4,12,14-16H2,1-2H3,(H2,27,28,29). The van der Waals surface area contributed by atoms with Crippen molar-refractivity contribution in [1.29, 1.82) is 0 Å². The molecule has 1 aliphatic heterocycles. The fraction of sp³-hybridized carbons (Fsp3) is 0.360. The van der Waals surface area contributed by atoms with Gasteiger partial charge in [-0.15, -0.1) is 0 Å². The number of hydrogen-bond donors (Lipinski definition) is 2. The molecule has 0 bridgehead atoms. The topological polar surface area (TPSA) is 57.5 Å². The summed E-state index contributed by atoms with van der Waals surface area (Å²) < 4.78 is 14.9. The SMILES string of the molecule is CN=C(NCCc1ccn(-c2ccc(F)cc2)n1)NC(C)c1cccc(N2CCCC2)c1. The largest absolute Gasteiger partial charge is 0.372 e. The van der Waals surface area contributed by atoms with Gasteiger partial charge in [-0.3, -0.25) is 4.99 Å². The van der Waals surface area contributed by atoms with Crippen LogP contribution in [0.15, 0.2) is 65.8 Å². The van der Waals surface area contributed by atoms with Gasteiger partial charge in [-0.1, -0.05) is 12.1 Å². The summed E-state index contributed by atoms with van der Waals surface area (Å²) in [4.78, 5) is 6.82. The molecule has 1 fully saturated rings. The summed E-state index contributed by atoms with van der Waals surface area (Å²) in [7, 11) is 1.78. The number of guanidine groups is 1. The average Bonchev–Trinajstić information content (AvgIpc) is 3.52. The van der Waals surface area contributed by atoms with Gasteiger partial charge in [-0.05, 0) is 67.8 Å². The van der Waals surface area contributed by atoms with Crippen molar-refractivity contribution in [3.05, 3.63) is 77.9 Å². The van der Waals surface area contributed by atoms with Crippen molar-refractivity contribution in [3.63, 3.8) is 0 Å². The molecule has 1 aliphatic rings. The molecule has 2 N–H and O–H groups in total. The molecule has 0 saturated carbocycles. The first-order valence-electron chi connectivity index (χ1n) is 11.2. The lowest BCUT2D eigenvalue weighted by atomic mass is 10.1. The van der Waals surface area contributed by atoms with E-state index >= 15 is 0 Å². The maximum absolute atomic E-state index is 13.1. The van der Waals surface area contributed by atoms with Crippen molar-refractivity contribution >= 4 is 11.6 Å². The molecule has 0 amide bonds. The molecular weight excluding hydrogens is 403 g/mol. The van der Waals surface area contributed by atoms with E-state index in [1.807, 2.05) is 12.3 Å². The maximum atomic E-state index is 13.1. The lowest BCUT2D eigenvalue weighted by Crippen LogP contribution is -2.39. The van der Waals surface area contributed by atoms with Gasteiger partial charge in [0.15, 0.2) is 5.96 Å². The van der Waals surface area contributed by atoms with Gasteiger partial charge in [0.25, 0.3) is 0 Å². The molecule has 2 heterocycles. The molecule has 1 saturated heterocycles. The minimum Gasteiger partial charge on any atom is -0.372 e. The van der Waals surface area contributed by atoms with Crippen molar-refractivity contribution < 1.29 is 4.39 Å². The van der Waals surface area contributed by atoms with Crippen LogP contribution in [0.5, 0.6) is 0 Å². The third-order valence-corrected chi connectivity index (χ3v) is 5.83. The Labute approximate surface area is 189 Å². The molecule has 2 aromatic carbocycles. The fourth-order valence-electron chi connectivity index (χ4n) is 3.99. The van der Waals surface area contributed by atoms with Crippen molar-refractivity contribution in [1.82, 2.24) is 20.4 Å². The monoisotopic (exact) mass is 434 g/mol. The van der Waals surface area contributed by atoms with Gasteiger partial charge >= 0.3 is 0 Å². The van der Waals surface area contributed by atoms with Crippen molar-refractivity contribution in [2.75, 3.05) is 31.6 Å². The second-order valence-corrected chi connectivity index (χ2v) is 8.13. The second-order valence-electron chi connectivity index (χ2n) is 8.13. The van der Waals surface area contributed by atoms with E-state index in [0.29, 0.717) is 6.54 Å². The number of nitrogens with one attached hydrogen (secondary N) is 2. The third kappa shape index (κ3) is 5.46. The van der Waals surface area contributed by atoms with Gasteiger partial charge in [-0.2, -0.15) is 5.10 Å². The van der Waals surface area contributed by atoms with E-state index in [1.165, 1.54) is 36.2 Å². The minimum absolute atomic E-state index is 0.140. The first kappa shape index (κ1) is 21.9. The Hall–Kier alpha value is -3.35. The molecule has 6 nitrogen and oxygen atoms in total. The molecule has 1 unspecified atom stereocenters. The van der Waals surface area contributed by atoms with E-state index in [-0.39, 0.29) is 11.9 Å². The maximum Gasteiger partial charge on any atom is 0.191 e. The molecule has 3 aromatic rings. The van der Waals surface area contributed by atoms with Crippen LogP contribution in [-0.2, 0) is 6.42 Å². The molecule has 4 rings (SSSR count). The zero-order chi connectivity index (χ0) is 22.3. The summed E-state index contributed by atoms with van der Waals surface area (Å²) in [5, 5.41) is 11.4. The summed E-state index contributed by atoms with van der Waals surface area (Å²) in [6, 6.07) is 17.2. The summed E-state index contributed by atoms with van der Waals surface area (Å²) in [5.41, 5.74) is 4.35. The summed E-state index contributed by atoms with van der Waals surface area (Å²) in [6.45, 7) is 5.15. The highest BCUT2D eigenvalue weighted by Gasteiger charge is 2.14. The van der Waals surface area contributed by atoms with Gasteiger partial charge < -0.3 is 15.5 Å². The molecule has 0 aliphatic carbocycles. The third-order valence-electron chi connectivity index (χ3n) is 5.83. The Morgan fingerprint density at radius 1 is 1.09 bits per heavy atom. The Bertz CT molecular complexity index is 1040. The second kappa shape index (κ2) is 10.3. The molecule has 0 radical (unpaired) electrons. The molecule has 1 atom stereocenters. The predicted octanol–water partition coefficient (Wildman–Crippen LogP) is 4.08. The minimum atomic E-state index is -0.249. The van der Waals surface area contributed by atoms with Crippen molar-refractivity contribution in [3.8, 4) is 5.69 Å². The van der Waals surface area contributed by atoms with E-state index in [1.54, 1.807) is 23.9 Å².